The van der Waals surface area contributed by atoms with Crippen molar-refractivity contribution in [3.63, 3.8) is 0 Å². The Morgan fingerprint density at radius 2 is 1.56 bits per heavy atom. The average molecular weight is 288 g/mol. The molecule has 18 heavy (non-hydrogen) atoms. The molecule has 0 fully saturated rings. The molecule has 0 saturated heterocycles. The van der Waals surface area contributed by atoms with E-state index in [1.807, 2.05) is 0 Å². The average Bonchev–Trinajstić information content (AvgIpc) is 2.19. The van der Waals surface area contributed by atoms with Crippen molar-refractivity contribution < 1.29 is 35.3 Å². The highest BCUT2D eigenvalue weighted by Gasteiger charge is 2.69. The third kappa shape index (κ3) is 2.72. The Morgan fingerprint density at radius 1 is 1.11 bits per heavy atom. The first-order valence-corrected chi connectivity index (χ1v) is 5.90. The number of hydrogen-bond donors (Lipinski definition) is 1. The van der Waals surface area contributed by atoms with Crippen LogP contribution in [-0.2, 0) is 10.1 Å². The Morgan fingerprint density at radius 3 is 1.94 bits per heavy atom. The molecule has 0 bridgehead atoms. The lowest BCUT2D eigenvalue weighted by Gasteiger charge is -2.23. The first-order valence-electron chi connectivity index (χ1n) is 4.46. The molecule has 9 heteroatoms. The van der Waals surface area contributed by atoms with Gasteiger partial charge in [-0.15, -0.1) is 0 Å². The molecule has 0 saturated carbocycles. The zero-order chi connectivity index (χ0) is 14.2. The van der Waals surface area contributed by atoms with E-state index >= 15 is 0 Å². The molecule has 0 spiro atoms. The van der Waals surface area contributed by atoms with Gasteiger partial charge >= 0.3 is 21.5 Å². The van der Waals surface area contributed by atoms with E-state index in [0.717, 1.165) is 12.1 Å². The lowest BCUT2D eigenvalue weighted by atomic mass is 10.2. The van der Waals surface area contributed by atoms with Gasteiger partial charge in [-0.2, -0.15) is 26.0 Å². The molecule has 0 amide bonds. The molecule has 1 rings (SSSR count). The number of halogens is 4. The Bertz CT molecular complexity index is 524. The van der Waals surface area contributed by atoms with E-state index in [9.17, 15) is 26.0 Å². The van der Waals surface area contributed by atoms with Crippen molar-refractivity contribution >= 4 is 10.1 Å². The molecular weight excluding hydrogens is 280 g/mol. The minimum absolute atomic E-state index is 0.658. The number of aryl methyl sites for hydroxylation is 1. The van der Waals surface area contributed by atoms with E-state index in [1.54, 1.807) is 6.92 Å². The second kappa shape index (κ2) is 4.39. The summed E-state index contributed by atoms with van der Waals surface area (Å²) in [5.74, 6) is -0.658. The Labute approximate surface area is 99.9 Å². The highest BCUT2D eigenvalue weighted by atomic mass is 32.2. The van der Waals surface area contributed by atoms with Gasteiger partial charge in [-0.3, -0.25) is 4.55 Å². The van der Waals surface area contributed by atoms with Gasteiger partial charge < -0.3 is 4.74 Å². The molecular formula is C9H8F4O4S. The van der Waals surface area contributed by atoms with Crippen LogP contribution in [-0.4, -0.2) is 24.3 Å². The molecule has 0 aliphatic carbocycles. The van der Waals surface area contributed by atoms with E-state index in [2.05, 4.69) is 4.74 Å². The van der Waals surface area contributed by atoms with Crippen LogP contribution in [0, 0.1) is 6.92 Å². The quantitative estimate of drug-likeness (QED) is 0.682. The highest BCUT2D eigenvalue weighted by molar-refractivity contribution is 7.86. The Hall–Kier alpha value is -1.35. The van der Waals surface area contributed by atoms with E-state index in [0.29, 0.717) is 5.56 Å². The fourth-order valence-corrected chi connectivity index (χ4v) is 1.31. The predicted molar refractivity (Wildman–Crippen MR) is 53.2 cm³/mol. The number of hydrogen-bond acceptors (Lipinski definition) is 3. The van der Waals surface area contributed by atoms with Crippen LogP contribution in [0.15, 0.2) is 24.3 Å². The van der Waals surface area contributed by atoms with Crippen molar-refractivity contribution in [2.45, 2.75) is 18.3 Å². The van der Waals surface area contributed by atoms with Crippen molar-refractivity contribution in [3.8, 4) is 5.75 Å². The second-order valence-corrected chi connectivity index (χ2v) is 4.89. The molecule has 1 aromatic carbocycles. The molecule has 0 atom stereocenters. The number of rotatable bonds is 4. The van der Waals surface area contributed by atoms with Crippen LogP contribution >= 0.6 is 0 Å². The molecule has 0 aliphatic heterocycles. The third-order valence-electron chi connectivity index (χ3n) is 1.93. The van der Waals surface area contributed by atoms with Crippen LogP contribution in [0.4, 0.5) is 17.6 Å². The summed E-state index contributed by atoms with van der Waals surface area (Å²) in [5, 5.41) is -5.75. The smallest absolute Gasteiger partial charge is 0.427 e. The number of ether oxygens (including phenoxy) is 1. The molecule has 0 aliphatic rings. The van der Waals surface area contributed by atoms with Gasteiger partial charge in [0.25, 0.3) is 0 Å². The van der Waals surface area contributed by atoms with Crippen LogP contribution < -0.4 is 4.74 Å². The number of alkyl halides is 4. The Balaban J connectivity index is 3.05. The van der Waals surface area contributed by atoms with Gasteiger partial charge in [-0.1, -0.05) is 17.7 Å². The van der Waals surface area contributed by atoms with Crippen LogP contribution in [0.25, 0.3) is 0 Å². The zero-order valence-electron chi connectivity index (χ0n) is 8.90. The summed E-state index contributed by atoms with van der Waals surface area (Å²) in [4.78, 5) is 0. The molecule has 0 unspecified atom stereocenters. The largest absolute Gasteiger partial charge is 0.483 e. The first-order chi connectivity index (χ1) is 7.97. The van der Waals surface area contributed by atoms with Gasteiger partial charge in [0, 0.05) is 0 Å². The first kappa shape index (κ1) is 14.7. The van der Waals surface area contributed by atoms with Gasteiger partial charge in [-0.05, 0) is 19.1 Å². The van der Waals surface area contributed by atoms with Gasteiger partial charge in [0.05, 0.1) is 0 Å². The normalized spacial score (nSPS) is 13.4. The zero-order valence-corrected chi connectivity index (χ0v) is 9.72. The summed E-state index contributed by atoms with van der Waals surface area (Å²) in [6.07, 6.45) is -5.39. The summed E-state index contributed by atoms with van der Waals surface area (Å²) >= 11 is 0. The predicted octanol–water partition coefficient (Wildman–Crippen LogP) is 2.45. The van der Waals surface area contributed by atoms with Crippen molar-refractivity contribution in [2.24, 2.45) is 0 Å². The van der Waals surface area contributed by atoms with E-state index < -0.39 is 27.2 Å². The van der Waals surface area contributed by atoms with Crippen LogP contribution in [0.3, 0.4) is 0 Å². The summed E-state index contributed by atoms with van der Waals surface area (Å²) in [5.41, 5.74) is 0.659. The molecule has 0 heterocycles. The third-order valence-corrected chi connectivity index (χ3v) is 2.82. The maximum Gasteiger partial charge on any atom is 0.483 e. The van der Waals surface area contributed by atoms with Crippen LogP contribution in [0.5, 0.6) is 5.75 Å². The molecule has 0 radical (unpaired) electrons. The minimum atomic E-state index is -6.30. The van der Waals surface area contributed by atoms with Crippen molar-refractivity contribution in [3.05, 3.63) is 29.8 Å². The number of benzene rings is 1. The van der Waals surface area contributed by atoms with E-state index in [4.69, 9.17) is 4.55 Å². The summed E-state index contributed by atoms with van der Waals surface area (Å²) in [6, 6.07) is 4.53. The minimum Gasteiger partial charge on any atom is -0.427 e. The molecule has 0 aromatic heterocycles. The molecule has 102 valence electrons. The molecule has 1 N–H and O–H groups in total. The monoisotopic (exact) mass is 288 g/mol. The Kier molecular flexibility index (Phi) is 3.59. The summed E-state index contributed by atoms with van der Waals surface area (Å²) < 4.78 is 83.5. The van der Waals surface area contributed by atoms with Crippen LogP contribution in [0.1, 0.15) is 5.56 Å². The standard InChI is InChI=1S/C9H8F4O4S/c1-6-2-4-7(5-3-6)17-8(10,11)9(12,13)18(14,15)16/h2-5H,1H3,(H,14,15,16). The maximum absolute atomic E-state index is 13.0. The van der Waals surface area contributed by atoms with E-state index in [-0.39, 0.29) is 0 Å². The van der Waals surface area contributed by atoms with Crippen molar-refractivity contribution in [1.82, 2.24) is 0 Å². The fourth-order valence-electron chi connectivity index (χ4n) is 0.964. The van der Waals surface area contributed by atoms with E-state index in [1.165, 1.54) is 12.1 Å². The second-order valence-electron chi connectivity index (χ2n) is 3.42. The lowest BCUT2D eigenvalue weighted by molar-refractivity contribution is -0.274. The maximum atomic E-state index is 13.0. The summed E-state index contributed by atoms with van der Waals surface area (Å²) in [6.45, 7) is 1.62. The van der Waals surface area contributed by atoms with Crippen molar-refractivity contribution in [1.29, 1.82) is 0 Å². The topological polar surface area (TPSA) is 63.6 Å². The van der Waals surface area contributed by atoms with Gasteiger partial charge in [0.1, 0.15) is 5.75 Å². The molecule has 1 aromatic rings. The van der Waals surface area contributed by atoms with Crippen LogP contribution in [0.2, 0.25) is 0 Å². The lowest BCUT2D eigenvalue weighted by Crippen LogP contribution is -2.50. The van der Waals surface area contributed by atoms with Gasteiger partial charge in [-0.25, -0.2) is 0 Å². The van der Waals surface area contributed by atoms with Crippen molar-refractivity contribution in [2.75, 3.05) is 0 Å². The SMILES string of the molecule is Cc1ccc(OC(F)(F)C(F)(F)S(=O)(=O)O)cc1. The highest BCUT2D eigenvalue weighted by Crippen LogP contribution is 2.39. The summed E-state index contributed by atoms with van der Waals surface area (Å²) in [7, 11) is -6.30. The molecule has 4 nitrogen and oxygen atoms in total. The fraction of sp³-hybridized carbons (Fsp3) is 0.333. The van der Waals surface area contributed by atoms with Gasteiger partial charge in [0.2, 0.25) is 0 Å². The van der Waals surface area contributed by atoms with Gasteiger partial charge in [0.15, 0.2) is 0 Å².